The fourth-order valence-electron chi connectivity index (χ4n) is 3.91. The number of aryl methyl sites for hydroxylation is 2. The Bertz CT molecular complexity index is 695. The molecule has 4 rings (SSSR count). The van der Waals surface area contributed by atoms with Gasteiger partial charge in [0.25, 0.3) is 0 Å². The standard InChI is InChI=1S/C22H27NO2/c1-3-16(2)23-14-19-15-24-22(25-19)20-10-6-4-8-17(20)12-13-18-9-5-7-11-21(18)22/h4-11,16,19,23H,3,12-15H2,1-2H3. The molecule has 0 bridgehead atoms. The van der Waals surface area contributed by atoms with Crippen LogP contribution in [0.15, 0.2) is 48.5 Å². The van der Waals surface area contributed by atoms with Crippen molar-refractivity contribution in [1.29, 1.82) is 0 Å². The third-order valence-corrected chi connectivity index (χ3v) is 5.52. The Morgan fingerprint density at radius 2 is 1.64 bits per heavy atom. The summed E-state index contributed by atoms with van der Waals surface area (Å²) in [4.78, 5) is 0. The molecule has 25 heavy (non-hydrogen) atoms. The van der Waals surface area contributed by atoms with E-state index in [-0.39, 0.29) is 6.10 Å². The molecule has 0 saturated carbocycles. The summed E-state index contributed by atoms with van der Waals surface area (Å²) in [5, 5.41) is 3.55. The van der Waals surface area contributed by atoms with Crippen molar-refractivity contribution < 1.29 is 9.47 Å². The van der Waals surface area contributed by atoms with Gasteiger partial charge in [-0.1, -0.05) is 55.5 Å². The summed E-state index contributed by atoms with van der Waals surface area (Å²) < 4.78 is 13.1. The van der Waals surface area contributed by atoms with Crippen LogP contribution >= 0.6 is 0 Å². The van der Waals surface area contributed by atoms with Crippen LogP contribution in [0, 0.1) is 0 Å². The number of nitrogens with one attached hydrogen (secondary N) is 1. The van der Waals surface area contributed by atoms with Crippen LogP contribution in [-0.4, -0.2) is 25.3 Å². The Labute approximate surface area is 150 Å². The normalized spacial score (nSPS) is 22.2. The zero-order valence-electron chi connectivity index (χ0n) is 15.1. The lowest BCUT2D eigenvalue weighted by Crippen LogP contribution is -2.36. The second kappa shape index (κ2) is 6.91. The van der Waals surface area contributed by atoms with Gasteiger partial charge in [0.2, 0.25) is 5.79 Å². The molecule has 1 aliphatic heterocycles. The Balaban J connectivity index is 1.71. The van der Waals surface area contributed by atoms with Crippen molar-refractivity contribution in [3.8, 4) is 0 Å². The van der Waals surface area contributed by atoms with E-state index in [9.17, 15) is 0 Å². The zero-order valence-corrected chi connectivity index (χ0v) is 15.1. The first-order valence-electron chi connectivity index (χ1n) is 9.45. The molecule has 1 fully saturated rings. The third-order valence-electron chi connectivity index (χ3n) is 5.52. The minimum atomic E-state index is -0.758. The molecule has 0 amide bonds. The highest BCUT2D eigenvalue weighted by atomic mass is 16.7. The van der Waals surface area contributed by atoms with Crippen molar-refractivity contribution in [2.75, 3.05) is 13.2 Å². The predicted molar refractivity (Wildman–Crippen MR) is 99.7 cm³/mol. The highest BCUT2D eigenvalue weighted by Gasteiger charge is 2.47. The lowest BCUT2D eigenvalue weighted by molar-refractivity contribution is -0.142. The quantitative estimate of drug-likeness (QED) is 0.921. The molecule has 1 N–H and O–H groups in total. The zero-order chi connectivity index (χ0) is 17.3. The molecule has 2 atom stereocenters. The van der Waals surface area contributed by atoms with Crippen LogP contribution < -0.4 is 5.32 Å². The summed E-state index contributed by atoms with van der Waals surface area (Å²) >= 11 is 0. The van der Waals surface area contributed by atoms with Gasteiger partial charge in [0, 0.05) is 23.7 Å². The van der Waals surface area contributed by atoms with Gasteiger partial charge in [0.05, 0.1) is 12.7 Å². The predicted octanol–water partition coefficient (Wildman–Crippen LogP) is 3.79. The van der Waals surface area contributed by atoms with E-state index in [1.807, 2.05) is 0 Å². The summed E-state index contributed by atoms with van der Waals surface area (Å²) in [6, 6.07) is 17.6. The number of rotatable bonds is 4. The summed E-state index contributed by atoms with van der Waals surface area (Å²) in [5.41, 5.74) is 5.00. The van der Waals surface area contributed by atoms with Gasteiger partial charge in [-0.05, 0) is 37.3 Å². The van der Waals surface area contributed by atoms with Gasteiger partial charge in [-0.15, -0.1) is 0 Å². The Morgan fingerprint density at radius 3 is 2.24 bits per heavy atom. The van der Waals surface area contributed by atoms with E-state index < -0.39 is 5.79 Å². The van der Waals surface area contributed by atoms with Gasteiger partial charge in [0.15, 0.2) is 0 Å². The largest absolute Gasteiger partial charge is 0.339 e. The smallest absolute Gasteiger partial charge is 0.223 e. The highest BCUT2D eigenvalue weighted by molar-refractivity contribution is 5.46. The van der Waals surface area contributed by atoms with E-state index in [4.69, 9.17) is 9.47 Å². The molecule has 1 aliphatic carbocycles. The maximum atomic E-state index is 6.63. The van der Waals surface area contributed by atoms with Gasteiger partial charge >= 0.3 is 0 Å². The summed E-state index contributed by atoms with van der Waals surface area (Å²) in [6.07, 6.45) is 3.23. The topological polar surface area (TPSA) is 30.5 Å². The summed E-state index contributed by atoms with van der Waals surface area (Å²) in [5.74, 6) is -0.758. The van der Waals surface area contributed by atoms with Gasteiger partial charge in [0.1, 0.15) is 0 Å². The van der Waals surface area contributed by atoms with Crippen LogP contribution in [0.2, 0.25) is 0 Å². The van der Waals surface area contributed by atoms with E-state index in [1.54, 1.807) is 0 Å². The van der Waals surface area contributed by atoms with E-state index in [0.29, 0.717) is 12.6 Å². The van der Waals surface area contributed by atoms with E-state index >= 15 is 0 Å². The minimum absolute atomic E-state index is 0.0632. The molecule has 0 radical (unpaired) electrons. The molecule has 2 aromatic rings. The highest BCUT2D eigenvalue weighted by Crippen LogP contribution is 2.45. The van der Waals surface area contributed by atoms with Crippen LogP contribution in [0.25, 0.3) is 0 Å². The van der Waals surface area contributed by atoms with E-state index in [0.717, 1.165) is 25.8 Å². The average molecular weight is 337 g/mol. The van der Waals surface area contributed by atoms with E-state index in [2.05, 4.69) is 67.7 Å². The maximum absolute atomic E-state index is 6.63. The van der Waals surface area contributed by atoms with Gasteiger partial charge in [-0.25, -0.2) is 0 Å². The monoisotopic (exact) mass is 337 g/mol. The number of benzene rings is 2. The molecule has 1 heterocycles. The fourth-order valence-corrected chi connectivity index (χ4v) is 3.91. The lowest BCUT2D eigenvalue weighted by Gasteiger charge is -2.31. The lowest BCUT2D eigenvalue weighted by atomic mass is 9.93. The second-order valence-corrected chi connectivity index (χ2v) is 7.20. The summed E-state index contributed by atoms with van der Waals surface area (Å²) in [7, 11) is 0. The molecule has 1 spiro atoms. The first-order valence-corrected chi connectivity index (χ1v) is 9.45. The van der Waals surface area contributed by atoms with Crippen LogP contribution in [0.5, 0.6) is 0 Å². The Hall–Kier alpha value is -1.68. The molecule has 3 heteroatoms. The molecule has 2 aliphatic rings. The average Bonchev–Trinajstić information content (AvgIpc) is 3.04. The van der Waals surface area contributed by atoms with Crippen molar-refractivity contribution >= 4 is 0 Å². The number of fused-ring (bicyclic) bond motifs is 4. The van der Waals surface area contributed by atoms with Crippen LogP contribution in [0.3, 0.4) is 0 Å². The third kappa shape index (κ3) is 3.01. The first kappa shape index (κ1) is 16.8. The maximum Gasteiger partial charge on any atom is 0.223 e. The molecule has 3 nitrogen and oxygen atoms in total. The van der Waals surface area contributed by atoms with Crippen molar-refractivity contribution in [3.63, 3.8) is 0 Å². The fraction of sp³-hybridized carbons (Fsp3) is 0.455. The van der Waals surface area contributed by atoms with Crippen molar-refractivity contribution in [3.05, 3.63) is 70.8 Å². The van der Waals surface area contributed by atoms with Crippen LogP contribution in [0.1, 0.15) is 42.5 Å². The molecular weight excluding hydrogens is 310 g/mol. The second-order valence-electron chi connectivity index (χ2n) is 7.20. The molecule has 1 saturated heterocycles. The van der Waals surface area contributed by atoms with E-state index in [1.165, 1.54) is 22.3 Å². The number of hydrogen-bond acceptors (Lipinski definition) is 3. The number of hydrogen-bond donors (Lipinski definition) is 1. The molecular formula is C22H27NO2. The SMILES string of the molecule is CCC(C)NCC1COC2(O1)c1ccccc1CCc1ccccc12. The Morgan fingerprint density at radius 1 is 1.04 bits per heavy atom. The summed E-state index contributed by atoms with van der Waals surface area (Å²) in [6.45, 7) is 5.85. The van der Waals surface area contributed by atoms with Crippen LogP contribution in [-0.2, 0) is 28.1 Å². The van der Waals surface area contributed by atoms with Gasteiger partial charge in [-0.3, -0.25) is 0 Å². The van der Waals surface area contributed by atoms with Crippen LogP contribution in [0.4, 0.5) is 0 Å². The van der Waals surface area contributed by atoms with Crippen molar-refractivity contribution in [2.24, 2.45) is 0 Å². The van der Waals surface area contributed by atoms with Crippen molar-refractivity contribution in [2.45, 2.75) is 51.0 Å². The molecule has 2 aromatic carbocycles. The molecule has 0 aromatic heterocycles. The van der Waals surface area contributed by atoms with Gasteiger partial charge in [-0.2, -0.15) is 0 Å². The Kier molecular flexibility index (Phi) is 4.63. The first-order chi connectivity index (χ1) is 12.2. The molecule has 2 unspecified atom stereocenters. The minimum Gasteiger partial charge on any atom is -0.339 e. The number of ether oxygens (including phenoxy) is 2. The van der Waals surface area contributed by atoms with Crippen molar-refractivity contribution in [1.82, 2.24) is 5.32 Å². The molecule has 132 valence electrons. The van der Waals surface area contributed by atoms with Gasteiger partial charge < -0.3 is 14.8 Å².